The van der Waals surface area contributed by atoms with Crippen LogP contribution >= 0.6 is 15.9 Å². The largest absolute Gasteiger partial charge is 0.322 e. The first-order chi connectivity index (χ1) is 15.0. The van der Waals surface area contributed by atoms with Gasteiger partial charge in [0.15, 0.2) is 0 Å². The van der Waals surface area contributed by atoms with Gasteiger partial charge in [-0.15, -0.1) is 0 Å². The highest BCUT2D eigenvalue weighted by molar-refractivity contribution is 9.10. The van der Waals surface area contributed by atoms with Crippen molar-refractivity contribution in [2.24, 2.45) is 0 Å². The lowest BCUT2D eigenvalue weighted by Gasteiger charge is -2.32. The summed E-state index contributed by atoms with van der Waals surface area (Å²) in [5, 5.41) is 3.60. The molecule has 3 rings (SSSR count). The second kappa shape index (κ2) is 10.6. The molecular formula is C24H29BrN4O2. The smallest absolute Gasteiger partial charge is 0.314 e. The highest BCUT2D eigenvalue weighted by atomic mass is 79.9. The first-order valence-corrected chi connectivity index (χ1v) is 11.6. The number of carbonyl (C=O) groups is 1. The number of nitrogens with one attached hydrogen (secondary N) is 1. The van der Waals surface area contributed by atoms with Crippen molar-refractivity contribution in [3.63, 3.8) is 0 Å². The fraction of sp³-hybridized carbons (Fsp3) is 0.375. The van der Waals surface area contributed by atoms with Gasteiger partial charge in [-0.3, -0.25) is 9.36 Å². The van der Waals surface area contributed by atoms with Crippen molar-refractivity contribution in [2.45, 2.75) is 52.6 Å². The molecule has 1 aromatic heterocycles. The van der Waals surface area contributed by atoms with Crippen LogP contribution in [0.15, 0.2) is 57.8 Å². The first-order valence-electron chi connectivity index (χ1n) is 10.8. The number of aromatic nitrogens is 2. The average molecular weight is 485 g/mol. The summed E-state index contributed by atoms with van der Waals surface area (Å²) in [4.78, 5) is 33.1. The molecule has 0 saturated carbocycles. The molecule has 0 spiro atoms. The SMILES string of the molecule is CCCCN(C(=O)Nc1ccc(Br)cc1)C(CC)c1nc2ccccc2c(=O)n1CC. The van der Waals surface area contributed by atoms with Gasteiger partial charge in [-0.2, -0.15) is 0 Å². The topological polar surface area (TPSA) is 67.2 Å². The van der Waals surface area contributed by atoms with Gasteiger partial charge in [-0.1, -0.05) is 48.3 Å². The van der Waals surface area contributed by atoms with Crippen molar-refractivity contribution >= 4 is 38.6 Å². The van der Waals surface area contributed by atoms with Crippen molar-refractivity contribution in [3.05, 3.63) is 69.2 Å². The third-order valence-electron chi connectivity index (χ3n) is 5.38. The monoisotopic (exact) mass is 484 g/mol. The number of hydrogen-bond acceptors (Lipinski definition) is 3. The minimum Gasteiger partial charge on any atom is -0.314 e. The Balaban J connectivity index is 2.03. The number of benzene rings is 2. The second-order valence-corrected chi connectivity index (χ2v) is 8.36. The molecule has 1 unspecified atom stereocenters. The van der Waals surface area contributed by atoms with E-state index in [0.29, 0.717) is 36.2 Å². The molecule has 6 nitrogen and oxygen atoms in total. The Hall–Kier alpha value is -2.67. The molecule has 164 valence electrons. The normalized spacial score (nSPS) is 12.0. The van der Waals surface area contributed by atoms with Gasteiger partial charge in [0.2, 0.25) is 0 Å². The van der Waals surface area contributed by atoms with E-state index in [-0.39, 0.29) is 17.6 Å². The summed E-state index contributed by atoms with van der Waals surface area (Å²) in [7, 11) is 0. The van der Waals surface area contributed by atoms with Crippen LogP contribution in [0.25, 0.3) is 10.9 Å². The number of anilines is 1. The third kappa shape index (κ3) is 5.15. The summed E-state index contributed by atoms with van der Waals surface area (Å²) in [6.45, 7) is 7.15. The molecule has 1 atom stereocenters. The number of unbranched alkanes of at least 4 members (excludes halogenated alkanes) is 1. The van der Waals surface area contributed by atoms with Crippen molar-refractivity contribution in [2.75, 3.05) is 11.9 Å². The summed E-state index contributed by atoms with van der Waals surface area (Å²) in [6.07, 6.45) is 2.49. The van der Waals surface area contributed by atoms with Gasteiger partial charge in [-0.05, 0) is 56.2 Å². The number of urea groups is 1. The lowest BCUT2D eigenvalue weighted by molar-refractivity contribution is 0.178. The number of para-hydroxylation sites is 1. The Kier molecular flexibility index (Phi) is 7.85. The molecule has 0 fully saturated rings. The predicted octanol–water partition coefficient (Wildman–Crippen LogP) is 5.96. The quantitative estimate of drug-likeness (QED) is 0.428. The number of carbonyl (C=O) groups excluding carboxylic acids is 1. The molecular weight excluding hydrogens is 456 g/mol. The van der Waals surface area contributed by atoms with Gasteiger partial charge < -0.3 is 10.2 Å². The van der Waals surface area contributed by atoms with Crippen LogP contribution in [0.5, 0.6) is 0 Å². The van der Waals surface area contributed by atoms with Crippen LogP contribution < -0.4 is 10.9 Å². The second-order valence-electron chi connectivity index (χ2n) is 7.44. The number of halogens is 1. The van der Waals surface area contributed by atoms with Crippen LogP contribution in [-0.4, -0.2) is 27.0 Å². The molecule has 0 bridgehead atoms. The van der Waals surface area contributed by atoms with E-state index in [1.165, 1.54) is 0 Å². The van der Waals surface area contributed by atoms with Crippen molar-refractivity contribution in [1.82, 2.24) is 14.5 Å². The lowest BCUT2D eigenvalue weighted by atomic mass is 10.1. The predicted molar refractivity (Wildman–Crippen MR) is 129 cm³/mol. The van der Waals surface area contributed by atoms with E-state index in [0.717, 1.165) is 23.0 Å². The van der Waals surface area contributed by atoms with E-state index in [1.54, 1.807) is 10.6 Å². The number of hydrogen-bond donors (Lipinski definition) is 1. The van der Waals surface area contributed by atoms with Gasteiger partial charge in [0, 0.05) is 23.2 Å². The molecule has 0 aliphatic carbocycles. The van der Waals surface area contributed by atoms with Gasteiger partial charge in [0.25, 0.3) is 5.56 Å². The fourth-order valence-corrected chi connectivity index (χ4v) is 4.01. The minimum atomic E-state index is -0.306. The molecule has 7 heteroatoms. The van der Waals surface area contributed by atoms with Crippen LogP contribution in [0.3, 0.4) is 0 Å². The molecule has 0 saturated heterocycles. The minimum absolute atomic E-state index is 0.0645. The van der Waals surface area contributed by atoms with Gasteiger partial charge in [0.1, 0.15) is 5.82 Å². The first kappa shape index (κ1) is 23.0. The van der Waals surface area contributed by atoms with E-state index >= 15 is 0 Å². The van der Waals surface area contributed by atoms with Crippen LogP contribution in [-0.2, 0) is 6.54 Å². The van der Waals surface area contributed by atoms with E-state index in [9.17, 15) is 9.59 Å². The highest BCUT2D eigenvalue weighted by Gasteiger charge is 2.28. The van der Waals surface area contributed by atoms with Gasteiger partial charge in [0.05, 0.1) is 16.9 Å². The van der Waals surface area contributed by atoms with E-state index in [1.807, 2.05) is 61.2 Å². The van der Waals surface area contributed by atoms with Crippen LogP contribution in [0, 0.1) is 0 Å². The number of amides is 2. The standard InChI is InChI=1S/C24H29BrN4O2/c1-4-7-16-29(24(31)26-18-14-12-17(25)13-15-18)21(5-2)22-27-20-11-9-8-10-19(20)23(30)28(22)6-3/h8-15,21H,4-7,16H2,1-3H3,(H,26,31). The Morgan fingerprint density at radius 1 is 1.13 bits per heavy atom. The molecule has 1 heterocycles. The Labute approximate surface area is 191 Å². The summed E-state index contributed by atoms with van der Waals surface area (Å²) in [5.41, 5.74) is 1.32. The zero-order chi connectivity index (χ0) is 22.4. The maximum atomic E-state index is 13.3. The Bertz CT molecular complexity index is 1090. The zero-order valence-corrected chi connectivity index (χ0v) is 19.9. The maximum absolute atomic E-state index is 13.3. The molecule has 1 N–H and O–H groups in total. The summed E-state index contributed by atoms with van der Waals surface area (Å²) >= 11 is 3.42. The Morgan fingerprint density at radius 2 is 1.84 bits per heavy atom. The van der Waals surface area contributed by atoms with Crippen molar-refractivity contribution in [3.8, 4) is 0 Å². The van der Waals surface area contributed by atoms with Gasteiger partial charge in [-0.25, -0.2) is 9.78 Å². The summed E-state index contributed by atoms with van der Waals surface area (Å²) < 4.78 is 2.65. The number of nitrogens with zero attached hydrogens (tertiary/aromatic N) is 3. The van der Waals surface area contributed by atoms with Crippen LogP contribution in [0.2, 0.25) is 0 Å². The third-order valence-corrected chi connectivity index (χ3v) is 5.91. The zero-order valence-electron chi connectivity index (χ0n) is 18.3. The van der Waals surface area contributed by atoms with E-state index < -0.39 is 0 Å². The number of rotatable bonds is 8. The van der Waals surface area contributed by atoms with E-state index in [4.69, 9.17) is 4.98 Å². The molecule has 0 aliphatic rings. The summed E-state index contributed by atoms with van der Waals surface area (Å²) in [5.74, 6) is 0.635. The maximum Gasteiger partial charge on any atom is 0.322 e. The highest BCUT2D eigenvalue weighted by Crippen LogP contribution is 2.26. The lowest BCUT2D eigenvalue weighted by Crippen LogP contribution is -2.41. The van der Waals surface area contributed by atoms with Crippen LogP contribution in [0.4, 0.5) is 10.5 Å². The number of fused-ring (bicyclic) bond motifs is 1. The molecule has 2 amide bonds. The summed E-state index contributed by atoms with van der Waals surface area (Å²) in [6, 6.07) is 14.4. The molecule has 31 heavy (non-hydrogen) atoms. The van der Waals surface area contributed by atoms with Crippen molar-refractivity contribution < 1.29 is 4.79 Å². The van der Waals surface area contributed by atoms with E-state index in [2.05, 4.69) is 28.2 Å². The molecule has 2 aromatic carbocycles. The fourth-order valence-electron chi connectivity index (χ4n) is 3.74. The Morgan fingerprint density at radius 3 is 2.48 bits per heavy atom. The van der Waals surface area contributed by atoms with Crippen LogP contribution in [0.1, 0.15) is 51.9 Å². The van der Waals surface area contributed by atoms with Gasteiger partial charge >= 0.3 is 6.03 Å². The average Bonchev–Trinajstić information content (AvgIpc) is 2.78. The molecule has 0 radical (unpaired) electrons. The van der Waals surface area contributed by atoms with Crippen molar-refractivity contribution in [1.29, 1.82) is 0 Å². The molecule has 0 aliphatic heterocycles. The molecule has 3 aromatic rings.